The van der Waals surface area contributed by atoms with Gasteiger partial charge in [-0.15, -0.1) is 0 Å². The van der Waals surface area contributed by atoms with Crippen LogP contribution in [0, 0.1) is 0 Å². The number of nitrogens with zero attached hydrogens (tertiary/aromatic N) is 3. The highest BCUT2D eigenvalue weighted by molar-refractivity contribution is 6.62. The van der Waals surface area contributed by atoms with Gasteiger partial charge in [0.05, 0.1) is 24.4 Å². The molecule has 112 valence electrons. The average Bonchev–Trinajstić information content (AvgIpc) is 2.64. The van der Waals surface area contributed by atoms with Crippen molar-refractivity contribution in [3.05, 3.63) is 34.7 Å². The van der Waals surface area contributed by atoms with Crippen molar-refractivity contribution in [2.45, 2.75) is 38.9 Å². The van der Waals surface area contributed by atoms with Gasteiger partial charge in [-0.25, -0.2) is 0 Å². The van der Waals surface area contributed by atoms with E-state index in [4.69, 9.17) is 19.6 Å². The molecule has 1 aliphatic rings. The maximum absolute atomic E-state index is 8.18. The minimum absolute atomic E-state index is 0.315. The van der Waals surface area contributed by atoms with Crippen molar-refractivity contribution in [1.29, 1.82) is 0 Å². The van der Waals surface area contributed by atoms with Crippen molar-refractivity contribution >= 4 is 12.6 Å². The molecule has 1 fully saturated rings. The molecule has 2 rings (SSSR count). The molecule has 6 nitrogen and oxygen atoms in total. The summed E-state index contributed by atoms with van der Waals surface area (Å²) in [4.78, 5) is 2.67. The molecule has 1 aliphatic heterocycles. The Balaban J connectivity index is 1.98. The molecule has 0 aromatic heterocycles. The molecular formula is C14H20BN3O3. The lowest BCUT2D eigenvalue weighted by molar-refractivity contribution is 0.00578. The van der Waals surface area contributed by atoms with Gasteiger partial charge in [-0.2, -0.15) is 0 Å². The second kappa shape index (κ2) is 5.97. The van der Waals surface area contributed by atoms with Crippen LogP contribution in [0.4, 0.5) is 0 Å². The van der Waals surface area contributed by atoms with Crippen LogP contribution >= 0.6 is 0 Å². The normalized spacial score (nSPS) is 19.1. The molecule has 21 heavy (non-hydrogen) atoms. The third kappa shape index (κ3) is 3.50. The Hall–Kier alpha value is -1.69. The van der Waals surface area contributed by atoms with E-state index in [0.717, 1.165) is 11.2 Å². The van der Waals surface area contributed by atoms with E-state index in [1.165, 1.54) is 0 Å². The molecule has 1 aromatic carbocycles. The fourth-order valence-electron chi connectivity index (χ4n) is 1.95. The van der Waals surface area contributed by atoms with Crippen LogP contribution in [-0.4, -0.2) is 31.5 Å². The zero-order chi connectivity index (χ0) is 15.5. The van der Waals surface area contributed by atoms with Gasteiger partial charge in [0.1, 0.15) is 5.75 Å². The van der Waals surface area contributed by atoms with E-state index >= 15 is 0 Å². The first-order valence-corrected chi connectivity index (χ1v) is 6.95. The fraction of sp³-hybridized carbons (Fsp3) is 0.571. The maximum atomic E-state index is 8.18. The zero-order valence-electron chi connectivity index (χ0n) is 12.9. The molecule has 0 N–H and O–H groups in total. The third-order valence-corrected chi connectivity index (χ3v) is 3.93. The molecule has 0 aliphatic carbocycles. The van der Waals surface area contributed by atoms with Crippen molar-refractivity contribution in [1.82, 2.24) is 0 Å². The smallest absolute Gasteiger partial charge is 0.493 e. The zero-order valence-corrected chi connectivity index (χ0v) is 12.9. The van der Waals surface area contributed by atoms with Crippen molar-refractivity contribution in [3.63, 3.8) is 0 Å². The van der Waals surface area contributed by atoms with Gasteiger partial charge in [0.15, 0.2) is 0 Å². The first-order chi connectivity index (χ1) is 9.86. The lowest BCUT2D eigenvalue weighted by Gasteiger charge is -2.32. The summed E-state index contributed by atoms with van der Waals surface area (Å²) in [6.07, 6.45) is 0. The Morgan fingerprint density at radius 1 is 1.14 bits per heavy atom. The number of hydrogen-bond donors (Lipinski definition) is 0. The van der Waals surface area contributed by atoms with E-state index in [9.17, 15) is 0 Å². The Bertz CT molecular complexity index is 523. The number of rotatable bonds is 5. The molecule has 0 spiro atoms. The number of ether oxygens (including phenoxy) is 1. The minimum Gasteiger partial charge on any atom is -0.493 e. The van der Waals surface area contributed by atoms with E-state index in [0.29, 0.717) is 13.2 Å². The Morgan fingerprint density at radius 3 is 2.24 bits per heavy atom. The predicted molar refractivity (Wildman–Crippen MR) is 81.7 cm³/mol. The molecular weight excluding hydrogens is 269 g/mol. The van der Waals surface area contributed by atoms with Crippen LogP contribution in [0.2, 0.25) is 0 Å². The molecule has 0 amide bonds. The van der Waals surface area contributed by atoms with Crippen LogP contribution in [0.5, 0.6) is 5.75 Å². The second-order valence-electron chi connectivity index (χ2n) is 5.96. The van der Waals surface area contributed by atoms with Crippen LogP contribution in [0.1, 0.15) is 27.7 Å². The summed E-state index contributed by atoms with van der Waals surface area (Å²) in [5.41, 5.74) is 8.45. The van der Waals surface area contributed by atoms with Crippen LogP contribution in [-0.2, 0) is 9.31 Å². The van der Waals surface area contributed by atoms with Gasteiger partial charge in [0, 0.05) is 4.91 Å². The molecule has 0 bridgehead atoms. The summed E-state index contributed by atoms with van der Waals surface area (Å²) >= 11 is 0. The van der Waals surface area contributed by atoms with Crippen molar-refractivity contribution in [3.8, 4) is 5.75 Å². The Morgan fingerprint density at radius 2 is 1.71 bits per heavy atom. The summed E-state index contributed by atoms with van der Waals surface area (Å²) in [5.74, 6) is 0.725. The number of hydrogen-bond acceptors (Lipinski definition) is 4. The molecule has 0 atom stereocenters. The fourth-order valence-corrected chi connectivity index (χ4v) is 1.95. The van der Waals surface area contributed by atoms with Gasteiger partial charge in [0.25, 0.3) is 0 Å². The van der Waals surface area contributed by atoms with Crippen molar-refractivity contribution in [2.75, 3.05) is 13.2 Å². The molecule has 0 saturated carbocycles. The van der Waals surface area contributed by atoms with Gasteiger partial charge in [-0.05, 0) is 50.8 Å². The third-order valence-electron chi connectivity index (χ3n) is 3.93. The minimum atomic E-state index is -0.368. The Labute approximate surface area is 125 Å². The van der Waals surface area contributed by atoms with E-state index in [1.807, 2.05) is 52.0 Å². The summed E-state index contributed by atoms with van der Waals surface area (Å²) in [6.45, 7) is 8.79. The number of azide groups is 1. The van der Waals surface area contributed by atoms with Gasteiger partial charge >= 0.3 is 7.12 Å². The molecule has 1 saturated heterocycles. The van der Waals surface area contributed by atoms with Gasteiger partial charge in [-0.3, -0.25) is 0 Å². The summed E-state index contributed by atoms with van der Waals surface area (Å²) in [7, 11) is -0.368. The summed E-state index contributed by atoms with van der Waals surface area (Å²) in [6, 6.07) is 7.56. The maximum Gasteiger partial charge on any atom is 0.494 e. The summed E-state index contributed by atoms with van der Waals surface area (Å²) < 4.78 is 17.4. The van der Waals surface area contributed by atoms with Crippen molar-refractivity contribution in [2.24, 2.45) is 5.11 Å². The van der Waals surface area contributed by atoms with E-state index in [2.05, 4.69) is 10.0 Å². The SMILES string of the molecule is CC1(C)OB(c2ccc(OCCN=[N+]=[N-])cc2)OC1(C)C. The molecule has 1 heterocycles. The summed E-state index contributed by atoms with van der Waals surface area (Å²) in [5, 5.41) is 3.41. The van der Waals surface area contributed by atoms with E-state index in [-0.39, 0.29) is 18.3 Å². The lowest BCUT2D eigenvalue weighted by atomic mass is 9.79. The monoisotopic (exact) mass is 289 g/mol. The van der Waals surface area contributed by atoms with E-state index < -0.39 is 0 Å². The van der Waals surface area contributed by atoms with Crippen LogP contribution in [0.25, 0.3) is 10.4 Å². The molecule has 0 unspecified atom stereocenters. The first kappa shape index (κ1) is 15.7. The lowest BCUT2D eigenvalue weighted by Crippen LogP contribution is -2.41. The average molecular weight is 289 g/mol. The largest absolute Gasteiger partial charge is 0.494 e. The standard InChI is InChI=1S/C14H20BN3O3/c1-13(2)14(3,4)21-15(20-13)11-5-7-12(8-6-11)19-10-9-17-18-16/h5-8H,9-10H2,1-4H3. The van der Waals surface area contributed by atoms with Gasteiger partial charge in [0.2, 0.25) is 0 Å². The van der Waals surface area contributed by atoms with Gasteiger partial charge in [-0.1, -0.05) is 17.2 Å². The highest BCUT2D eigenvalue weighted by Crippen LogP contribution is 2.36. The molecule has 7 heteroatoms. The van der Waals surface area contributed by atoms with Crippen molar-refractivity contribution < 1.29 is 14.0 Å². The van der Waals surface area contributed by atoms with Crippen LogP contribution < -0.4 is 10.2 Å². The van der Waals surface area contributed by atoms with Gasteiger partial charge < -0.3 is 14.0 Å². The molecule has 1 aromatic rings. The quantitative estimate of drug-likeness (QED) is 0.275. The topological polar surface area (TPSA) is 76.5 Å². The van der Waals surface area contributed by atoms with Crippen LogP contribution in [0.3, 0.4) is 0 Å². The second-order valence-corrected chi connectivity index (χ2v) is 5.96. The highest BCUT2D eigenvalue weighted by Gasteiger charge is 2.51. The number of benzene rings is 1. The predicted octanol–water partition coefficient (Wildman–Crippen LogP) is 2.67. The first-order valence-electron chi connectivity index (χ1n) is 6.95. The van der Waals surface area contributed by atoms with Crippen LogP contribution in [0.15, 0.2) is 29.4 Å². The Kier molecular flexibility index (Phi) is 4.47. The van der Waals surface area contributed by atoms with E-state index in [1.54, 1.807) is 0 Å². The highest BCUT2D eigenvalue weighted by atomic mass is 16.7. The molecule has 0 radical (unpaired) electrons.